The zero-order chi connectivity index (χ0) is 22.7. The molecule has 3 aromatic carbocycles. The molecule has 0 saturated heterocycles. The van der Waals surface area contributed by atoms with Gasteiger partial charge in [0.1, 0.15) is 0 Å². The van der Waals surface area contributed by atoms with E-state index in [4.69, 9.17) is 12.2 Å². The number of hydrogen-bond donors (Lipinski definition) is 2. The molecule has 0 saturated carbocycles. The van der Waals surface area contributed by atoms with Crippen molar-refractivity contribution >= 4 is 39.6 Å². The Labute approximate surface area is 193 Å². The number of benzene rings is 3. The third-order valence-corrected chi connectivity index (χ3v) is 5.81. The molecule has 0 aliphatic heterocycles. The van der Waals surface area contributed by atoms with E-state index in [1.54, 1.807) is 0 Å². The monoisotopic (exact) mass is 442 g/mol. The van der Waals surface area contributed by atoms with Gasteiger partial charge in [-0.25, -0.2) is 0 Å². The van der Waals surface area contributed by atoms with Crippen LogP contribution in [0, 0.1) is 13.8 Å². The predicted molar refractivity (Wildman–Crippen MR) is 135 cm³/mol. The lowest BCUT2D eigenvalue weighted by Gasteiger charge is -2.11. The van der Waals surface area contributed by atoms with Crippen LogP contribution in [0.2, 0.25) is 0 Å². The van der Waals surface area contributed by atoms with Crippen LogP contribution in [0.15, 0.2) is 77.0 Å². The number of nitrogens with one attached hydrogen (secondary N) is 1. The van der Waals surface area contributed by atoms with Gasteiger partial charge in [0.2, 0.25) is 11.0 Å². The number of aryl methyl sites for hydroxylation is 3. The highest BCUT2D eigenvalue weighted by atomic mass is 32.1. The summed E-state index contributed by atoms with van der Waals surface area (Å²) < 4.78 is 1.87. The van der Waals surface area contributed by atoms with Crippen LogP contribution < -0.4 is 5.32 Å². The maximum atomic E-state index is 11.1. The molecule has 0 aliphatic rings. The number of fused-ring (bicyclic) bond motifs is 1. The Balaban J connectivity index is 1.67. The smallest absolute Gasteiger partial charge is 0.221 e. The van der Waals surface area contributed by atoms with Crippen molar-refractivity contribution in [3.8, 4) is 5.88 Å². The highest BCUT2D eigenvalue weighted by Gasteiger charge is 2.17. The van der Waals surface area contributed by atoms with E-state index in [0.717, 1.165) is 34.1 Å². The molecule has 0 spiro atoms. The number of nitrogens with zero attached hydrogens (tertiary/aromatic N) is 3. The van der Waals surface area contributed by atoms with E-state index in [-0.39, 0.29) is 11.0 Å². The second-order valence-corrected chi connectivity index (χ2v) is 8.23. The van der Waals surface area contributed by atoms with Crippen molar-refractivity contribution in [2.75, 3.05) is 5.32 Å². The summed E-state index contributed by atoms with van der Waals surface area (Å²) in [6, 6.07) is 22.1. The normalized spacial score (nSPS) is 11.3. The summed E-state index contributed by atoms with van der Waals surface area (Å²) in [6.07, 6.45) is 0.885. The lowest BCUT2D eigenvalue weighted by atomic mass is 10.1. The van der Waals surface area contributed by atoms with Crippen molar-refractivity contribution in [2.45, 2.75) is 33.7 Å². The number of thiocarbonyl (C=S) groups is 1. The molecule has 2 N–H and O–H groups in total. The average Bonchev–Trinajstić information content (AvgIpc) is 3.06. The second kappa shape index (κ2) is 9.32. The summed E-state index contributed by atoms with van der Waals surface area (Å²) in [4.78, 5) is 0. The summed E-state index contributed by atoms with van der Waals surface area (Å²) in [5.41, 5.74) is 6.89. The molecule has 6 heteroatoms. The van der Waals surface area contributed by atoms with E-state index in [1.165, 1.54) is 11.1 Å². The van der Waals surface area contributed by atoms with Gasteiger partial charge in [-0.2, -0.15) is 0 Å². The van der Waals surface area contributed by atoms with Gasteiger partial charge in [0.25, 0.3) is 0 Å². The van der Waals surface area contributed by atoms with Crippen LogP contribution in [0.3, 0.4) is 0 Å². The molecule has 0 atom stereocenters. The largest absolute Gasteiger partial charge is 0.493 e. The summed E-state index contributed by atoms with van der Waals surface area (Å²) in [5, 5.41) is 23.8. The first-order valence-electron chi connectivity index (χ1n) is 10.6. The van der Waals surface area contributed by atoms with Crippen LogP contribution in [-0.4, -0.2) is 14.8 Å². The number of aromatic hydroxyl groups is 1. The minimum atomic E-state index is 0.0765. The summed E-state index contributed by atoms with van der Waals surface area (Å²) in [5.74, 6) is 0.0765. The van der Waals surface area contributed by atoms with E-state index in [2.05, 4.69) is 60.6 Å². The van der Waals surface area contributed by atoms with E-state index in [0.29, 0.717) is 12.2 Å². The molecule has 1 heterocycles. The van der Waals surface area contributed by atoms with Crippen molar-refractivity contribution < 1.29 is 5.11 Å². The fourth-order valence-corrected chi connectivity index (χ4v) is 4.01. The quantitative estimate of drug-likeness (QED) is 0.257. The van der Waals surface area contributed by atoms with Gasteiger partial charge < -0.3 is 15.0 Å². The molecule has 0 bridgehead atoms. The third kappa shape index (κ3) is 4.41. The summed E-state index contributed by atoms with van der Waals surface area (Å²) >= 11 is 5.39. The van der Waals surface area contributed by atoms with Crippen molar-refractivity contribution in [2.24, 2.45) is 10.2 Å². The Morgan fingerprint density at radius 3 is 2.56 bits per heavy atom. The maximum absolute atomic E-state index is 11.1. The first-order chi connectivity index (χ1) is 15.5. The molecule has 0 unspecified atom stereocenters. The lowest BCUT2D eigenvalue weighted by molar-refractivity contribution is 0.429. The summed E-state index contributed by atoms with van der Waals surface area (Å²) in [7, 11) is 0. The molecule has 162 valence electrons. The Morgan fingerprint density at radius 2 is 1.75 bits per heavy atom. The van der Waals surface area contributed by atoms with Crippen molar-refractivity contribution in [3.63, 3.8) is 0 Å². The van der Waals surface area contributed by atoms with Gasteiger partial charge in [-0.05, 0) is 61.3 Å². The molecule has 5 nitrogen and oxygen atoms in total. The molecular formula is C26H26N4OS. The zero-order valence-electron chi connectivity index (χ0n) is 18.5. The SMILES string of the molecule is CCc1ccccc1NC(=S)N=Nc1c(O)n(Cc2cc(C)ccc2C)c2ccccc12. The van der Waals surface area contributed by atoms with Crippen LogP contribution in [0.25, 0.3) is 10.9 Å². The molecule has 0 amide bonds. The van der Waals surface area contributed by atoms with Crippen molar-refractivity contribution in [3.05, 3.63) is 89.0 Å². The predicted octanol–water partition coefficient (Wildman–Crippen LogP) is 7.06. The van der Waals surface area contributed by atoms with E-state index in [9.17, 15) is 5.11 Å². The molecular weight excluding hydrogens is 416 g/mol. The molecule has 1 aromatic heterocycles. The lowest BCUT2D eigenvalue weighted by Crippen LogP contribution is -2.07. The van der Waals surface area contributed by atoms with Gasteiger partial charge in [-0.1, -0.05) is 67.1 Å². The minimum absolute atomic E-state index is 0.0765. The fourth-order valence-electron chi connectivity index (χ4n) is 3.86. The Bertz CT molecular complexity index is 1320. The van der Waals surface area contributed by atoms with E-state index >= 15 is 0 Å². The molecule has 0 radical (unpaired) electrons. The molecule has 4 rings (SSSR count). The zero-order valence-corrected chi connectivity index (χ0v) is 19.3. The van der Waals surface area contributed by atoms with Gasteiger partial charge in [-0.15, -0.1) is 10.2 Å². The van der Waals surface area contributed by atoms with E-state index < -0.39 is 0 Å². The number of rotatable bonds is 5. The number of anilines is 1. The van der Waals surface area contributed by atoms with Gasteiger partial charge in [0.15, 0.2) is 5.69 Å². The Morgan fingerprint density at radius 1 is 1.00 bits per heavy atom. The van der Waals surface area contributed by atoms with Crippen LogP contribution >= 0.6 is 12.2 Å². The standard InChI is InChI=1S/C26H26N4OS/c1-4-19-9-5-7-11-22(19)27-26(32)29-28-24-21-10-6-8-12-23(21)30(25(24)31)16-20-15-17(2)13-14-18(20)3/h5-15,31H,4,16H2,1-3H3,(H,27,32). The number of aromatic nitrogens is 1. The number of hydrogen-bond acceptors (Lipinski definition) is 3. The molecule has 32 heavy (non-hydrogen) atoms. The third-order valence-electron chi connectivity index (χ3n) is 5.63. The average molecular weight is 443 g/mol. The van der Waals surface area contributed by atoms with Crippen LogP contribution in [0.5, 0.6) is 5.88 Å². The second-order valence-electron chi connectivity index (χ2n) is 7.85. The molecule has 4 aromatic rings. The highest BCUT2D eigenvalue weighted by Crippen LogP contribution is 2.39. The molecule has 0 aliphatic carbocycles. The van der Waals surface area contributed by atoms with Gasteiger partial charge >= 0.3 is 0 Å². The number of azo groups is 1. The van der Waals surface area contributed by atoms with Crippen LogP contribution in [-0.2, 0) is 13.0 Å². The fraction of sp³-hybridized carbons (Fsp3) is 0.192. The van der Waals surface area contributed by atoms with Crippen LogP contribution in [0.1, 0.15) is 29.2 Å². The maximum Gasteiger partial charge on any atom is 0.221 e. The summed E-state index contributed by atoms with van der Waals surface area (Å²) in [6.45, 7) is 6.78. The van der Waals surface area contributed by atoms with E-state index in [1.807, 2.05) is 47.0 Å². The van der Waals surface area contributed by atoms with Gasteiger partial charge in [0, 0.05) is 11.1 Å². The van der Waals surface area contributed by atoms with Gasteiger partial charge in [-0.3, -0.25) is 0 Å². The topological polar surface area (TPSA) is 61.9 Å². The highest BCUT2D eigenvalue weighted by molar-refractivity contribution is 7.80. The molecule has 0 fully saturated rings. The van der Waals surface area contributed by atoms with Crippen LogP contribution in [0.4, 0.5) is 11.4 Å². The Kier molecular flexibility index (Phi) is 6.32. The minimum Gasteiger partial charge on any atom is -0.493 e. The first kappa shape index (κ1) is 21.7. The first-order valence-corrected chi connectivity index (χ1v) is 11.1. The van der Waals surface area contributed by atoms with Crippen molar-refractivity contribution in [1.29, 1.82) is 0 Å². The van der Waals surface area contributed by atoms with Crippen molar-refractivity contribution in [1.82, 2.24) is 4.57 Å². The number of para-hydroxylation sites is 2. The van der Waals surface area contributed by atoms with Gasteiger partial charge in [0.05, 0.1) is 12.1 Å². The Hall–Kier alpha value is -3.51.